The number of nitrogens with zero attached hydrogens (tertiary/aromatic N) is 4. The molecule has 4 rings (SSSR count). The molecule has 8 nitrogen and oxygen atoms in total. The van der Waals surface area contributed by atoms with Gasteiger partial charge >= 0.3 is 0 Å². The molecular weight excluding hydrogens is 402 g/mol. The Kier molecular flexibility index (Phi) is 5.40. The summed E-state index contributed by atoms with van der Waals surface area (Å²) >= 11 is 0. The van der Waals surface area contributed by atoms with Crippen LogP contribution in [-0.4, -0.2) is 39.7 Å². The summed E-state index contributed by atoms with van der Waals surface area (Å²) in [4.78, 5) is 21.4. The molecular formula is C21H23N5O3S. The number of aromatic nitrogens is 3. The van der Waals surface area contributed by atoms with Crippen molar-refractivity contribution in [3.63, 3.8) is 0 Å². The Bertz CT molecular complexity index is 1160. The molecule has 1 atom stereocenters. The number of benzene rings is 1. The highest BCUT2D eigenvalue weighted by Crippen LogP contribution is 2.30. The van der Waals surface area contributed by atoms with Gasteiger partial charge in [0.15, 0.2) is 0 Å². The van der Waals surface area contributed by atoms with Crippen LogP contribution in [0.5, 0.6) is 0 Å². The number of nitrogens with one attached hydrogen (secondary N) is 1. The monoisotopic (exact) mass is 425 g/mol. The molecule has 9 heteroatoms. The van der Waals surface area contributed by atoms with Crippen LogP contribution in [-0.2, 0) is 23.1 Å². The fourth-order valence-corrected chi connectivity index (χ4v) is 5.10. The smallest absolute Gasteiger partial charge is 0.271 e. The average Bonchev–Trinajstić information content (AvgIpc) is 3.19. The Balaban J connectivity index is 1.52. The van der Waals surface area contributed by atoms with E-state index < -0.39 is 16.1 Å². The van der Waals surface area contributed by atoms with E-state index in [2.05, 4.69) is 15.3 Å². The Morgan fingerprint density at radius 3 is 2.63 bits per heavy atom. The third kappa shape index (κ3) is 3.86. The molecule has 0 bridgehead atoms. The number of rotatable bonds is 5. The van der Waals surface area contributed by atoms with E-state index in [0.29, 0.717) is 25.5 Å². The van der Waals surface area contributed by atoms with Crippen LogP contribution in [0.2, 0.25) is 0 Å². The number of hydrogen-bond acceptors (Lipinski definition) is 5. The van der Waals surface area contributed by atoms with Gasteiger partial charge in [-0.15, -0.1) is 0 Å². The first-order valence-corrected chi connectivity index (χ1v) is 11.1. The topological polar surface area (TPSA) is 97.2 Å². The predicted octanol–water partition coefficient (Wildman–Crippen LogP) is 2.28. The Morgan fingerprint density at radius 2 is 1.93 bits per heavy atom. The van der Waals surface area contributed by atoms with Gasteiger partial charge in [0.05, 0.1) is 23.2 Å². The van der Waals surface area contributed by atoms with Crippen molar-refractivity contribution < 1.29 is 13.2 Å². The summed E-state index contributed by atoms with van der Waals surface area (Å²) in [6.07, 6.45) is 3.34. The first-order chi connectivity index (χ1) is 14.4. The second-order valence-corrected chi connectivity index (χ2v) is 9.18. The highest BCUT2D eigenvalue weighted by molar-refractivity contribution is 7.89. The Morgan fingerprint density at radius 1 is 1.17 bits per heavy atom. The van der Waals surface area contributed by atoms with Gasteiger partial charge in [-0.05, 0) is 38.1 Å². The minimum Gasteiger partial charge on any atom is -0.345 e. The number of fused-ring (bicyclic) bond motifs is 1. The summed E-state index contributed by atoms with van der Waals surface area (Å²) < 4.78 is 29.5. The molecule has 0 unspecified atom stereocenters. The van der Waals surface area contributed by atoms with Crippen LogP contribution in [0, 0.1) is 6.92 Å². The molecule has 0 fully saturated rings. The second kappa shape index (κ2) is 8.00. The molecule has 1 amide bonds. The summed E-state index contributed by atoms with van der Waals surface area (Å²) in [5.74, 6) is 0.239. The quantitative estimate of drug-likeness (QED) is 0.676. The summed E-state index contributed by atoms with van der Waals surface area (Å²) in [7, 11) is -3.66. The highest BCUT2D eigenvalue weighted by Gasteiger charge is 2.35. The van der Waals surface area contributed by atoms with Crippen molar-refractivity contribution in [2.45, 2.75) is 37.9 Å². The maximum absolute atomic E-state index is 13.1. The number of carbonyl (C=O) groups is 1. The van der Waals surface area contributed by atoms with Gasteiger partial charge in [0, 0.05) is 25.5 Å². The van der Waals surface area contributed by atoms with Gasteiger partial charge in [-0.1, -0.05) is 23.8 Å². The maximum Gasteiger partial charge on any atom is 0.271 e. The standard InChI is InChI=1S/C21H23N5O3S/c1-15-6-8-18(9-7-15)30(28,29)26-12-11-25-14-19(24-20(25)16(26)2)21(27)23-13-17-5-3-4-10-22-17/h3-10,14,16H,11-13H2,1-2H3,(H,23,27)/t16-/m0/s1. The Labute approximate surface area is 175 Å². The lowest BCUT2D eigenvalue weighted by atomic mass is 10.2. The molecule has 0 spiro atoms. The minimum absolute atomic E-state index is 0.258. The molecule has 3 aromatic rings. The van der Waals surface area contributed by atoms with E-state index in [9.17, 15) is 13.2 Å². The lowest BCUT2D eigenvalue weighted by Crippen LogP contribution is -2.41. The largest absolute Gasteiger partial charge is 0.345 e. The van der Waals surface area contributed by atoms with E-state index in [1.807, 2.05) is 29.7 Å². The molecule has 1 aliphatic rings. The SMILES string of the molecule is Cc1ccc(S(=O)(=O)N2CCn3cc(C(=O)NCc4ccccn4)nc3[C@@H]2C)cc1. The van der Waals surface area contributed by atoms with Crippen molar-refractivity contribution in [2.75, 3.05) is 6.54 Å². The molecule has 1 aliphatic heterocycles. The van der Waals surface area contributed by atoms with Crippen LogP contribution in [0.25, 0.3) is 0 Å². The number of imidazole rings is 1. The van der Waals surface area contributed by atoms with Crippen LogP contribution in [0.1, 0.15) is 40.5 Å². The third-order valence-corrected chi connectivity index (χ3v) is 7.17. The zero-order valence-electron chi connectivity index (χ0n) is 16.8. The summed E-state index contributed by atoms with van der Waals surface area (Å²) in [6.45, 7) is 4.75. The molecule has 0 radical (unpaired) electrons. The van der Waals surface area contributed by atoms with Gasteiger partial charge in [0.25, 0.3) is 5.91 Å². The van der Waals surface area contributed by atoms with Gasteiger partial charge in [0.2, 0.25) is 10.0 Å². The van der Waals surface area contributed by atoms with Crippen LogP contribution < -0.4 is 5.32 Å². The molecule has 3 heterocycles. The van der Waals surface area contributed by atoms with E-state index in [1.54, 1.807) is 43.6 Å². The minimum atomic E-state index is -3.66. The average molecular weight is 426 g/mol. The van der Waals surface area contributed by atoms with E-state index in [4.69, 9.17) is 0 Å². The molecule has 2 aromatic heterocycles. The number of hydrogen-bond donors (Lipinski definition) is 1. The van der Waals surface area contributed by atoms with Crippen molar-refractivity contribution in [3.05, 3.63) is 77.6 Å². The molecule has 30 heavy (non-hydrogen) atoms. The number of pyridine rings is 1. The second-order valence-electron chi connectivity index (χ2n) is 7.29. The molecule has 0 aliphatic carbocycles. The molecule has 156 valence electrons. The third-order valence-electron chi connectivity index (χ3n) is 5.19. The lowest BCUT2D eigenvalue weighted by molar-refractivity contribution is 0.0945. The molecule has 0 saturated heterocycles. The van der Waals surface area contributed by atoms with Crippen molar-refractivity contribution in [1.29, 1.82) is 0 Å². The van der Waals surface area contributed by atoms with Crippen LogP contribution >= 0.6 is 0 Å². The summed E-state index contributed by atoms with van der Waals surface area (Å²) in [6, 6.07) is 11.8. The fraction of sp³-hybridized carbons (Fsp3) is 0.286. The van der Waals surface area contributed by atoms with Gasteiger partial charge in [-0.3, -0.25) is 9.78 Å². The zero-order chi connectivity index (χ0) is 21.3. The van der Waals surface area contributed by atoms with Crippen molar-refractivity contribution in [2.24, 2.45) is 0 Å². The van der Waals surface area contributed by atoms with E-state index in [1.165, 1.54) is 4.31 Å². The number of aryl methyl sites for hydroxylation is 1. The molecule has 0 saturated carbocycles. The number of carbonyl (C=O) groups excluding carboxylic acids is 1. The Hall–Kier alpha value is -3.04. The van der Waals surface area contributed by atoms with Gasteiger partial charge < -0.3 is 9.88 Å². The van der Waals surface area contributed by atoms with Crippen molar-refractivity contribution >= 4 is 15.9 Å². The van der Waals surface area contributed by atoms with Gasteiger partial charge in [-0.2, -0.15) is 4.31 Å². The number of sulfonamides is 1. The highest BCUT2D eigenvalue weighted by atomic mass is 32.2. The van der Waals surface area contributed by atoms with Crippen LogP contribution in [0.3, 0.4) is 0 Å². The first-order valence-electron chi connectivity index (χ1n) is 9.70. The first kappa shape index (κ1) is 20.2. The zero-order valence-corrected chi connectivity index (χ0v) is 17.6. The van der Waals surface area contributed by atoms with Crippen molar-refractivity contribution in [1.82, 2.24) is 24.2 Å². The van der Waals surface area contributed by atoms with E-state index in [0.717, 1.165) is 11.3 Å². The predicted molar refractivity (Wildman–Crippen MR) is 111 cm³/mol. The van der Waals surface area contributed by atoms with E-state index in [-0.39, 0.29) is 16.5 Å². The number of amides is 1. The van der Waals surface area contributed by atoms with Crippen molar-refractivity contribution in [3.8, 4) is 0 Å². The van der Waals surface area contributed by atoms with Gasteiger partial charge in [0.1, 0.15) is 11.5 Å². The van der Waals surface area contributed by atoms with E-state index >= 15 is 0 Å². The van der Waals surface area contributed by atoms with Gasteiger partial charge in [-0.25, -0.2) is 13.4 Å². The lowest BCUT2D eigenvalue weighted by Gasteiger charge is -2.32. The summed E-state index contributed by atoms with van der Waals surface area (Å²) in [5.41, 5.74) is 2.01. The maximum atomic E-state index is 13.1. The molecule has 1 N–H and O–H groups in total. The fourth-order valence-electron chi connectivity index (χ4n) is 3.52. The molecule has 1 aromatic carbocycles. The van der Waals surface area contributed by atoms with Crippen LogP contribution in [0.4, 0.5) is 0 Å². The summed E-state index contributed by atoms with van der Waals surface area (Å²) in [5, 5.41) is 2.80. The normalized spacial score (nSPS) is 16.8. The van der Waals surface area contributed by atoms with Crippen LogP contribution in [0.15, 0.2) is 59.8 Å².